The van der Waals surface area contributed by atoms with Crippen molar-refractivity contribution in [2.45, 2.75) is 0 Å². The molecule has 27 heavy (non-hydrogen) atoms. The Morgan fingerprint density at radius 3 is 2.26 bits per heavy atom. The lowest BCUT2D eigenvalue weighted by Gasteiger charge is -2.11. The lowest BCUT2D eigenvalue weighted by molar-refractivity contribution is 0.582. The lowest BCUT2D eigenvalue weighted by Crippen LogP contribution is -2.15. The number of nitrogens with zero attached hydrogens (tertiary/aromatic N) is 3. The molecule has 3 aromatic heterocycles. The standard InChI is InChI=1S/C21H19N5O/c1-2-19(27-15-1)16-3-5-17(6-4-16)20-21(26-14-12-24-20)25-13-11-23-18-7-9-22-10-8-18/h1-10,12,14-15H,11,13H2,(H,22,23)(H,25,26). The first-order chi connectivity index (χ1) is 13.4. The summed E-state index contributed by atoms with van der Waals surface area (Å²) in [6, 6.07) is 15.8. The predicted octanol–water partition coefficient (Wildman–Crippen LogP) is 4.32. The van der Waals surface area contributed by atoms with Crippen LogP contribution in [0.3, 0.4) is 0 Å². The van der Waals surface area contributed by atoms with Crippen LogP contribution >= 0.6 is 0 Å². The van der Waals surface area contributed by atoms with Crippen molar-refractivity contribution in [3.05, 3.63) is 79.6 Å². The van der Waals surface area contributed by atoms with Crippen LogP contribution in [0.1, 0.15) is 0 Å². The molecule has 6 nitrogen and oxygen atoms in total. The number of rotatable bonds is 7. The first-order valence-electron chi connectivity index (χ1n) is 8.73. The number of anilines is 2. The minimum absolute atomic E-state index is 0.721. The van der Waals surface area contributed by atoms with Gasteiger partial charge in [0.25, 0.3) is 0 Å². The zero-order valence-electron chi connectivity index (χ0n) is 14.7. The summed E-state index contributed by atoms with van der Waals surface area (Å²) in [5.74, 6) is 1.61. The number of furan rings is 1. The molecule has 0 amide bonds. The molecule has 0 aliphatic rings. The molecule has 0 unspecified atom stereocenters. The van der Waals surface area contributed by atoms with Gasteiger partial charge in [-0.2, -0.15) is 0 Å². The van der Waals surface area contributed by atoms with Crippen LogP contribution in [0, 0.1) is 0 Å². The van der Waals surface area contributed by atoms with Gasteiger partial charge in [0.15, 0.2) is 5.82 Å². The fourth-order valence-electron chi connectivity index (χ4n) is 2.77. The quantitative estimate of drug-likeness (QED) is 0.480. The minimum Gasteiger partial charge on any atom is -0.464 e. The third-order valence-corrected chi connectivity index (χ3v) is 4.09. The average Bonchev–Trinajstić information content (AvgIpc) is 3.27. The normalized spacial score (nSPS) is 10.5. The van der Waals surface area contributed by atoms with Crippen LogP contribution in [0.4, 0.5) is 11.5 Å². The van der Waals surface area contributed by atoms with E-state index in [1.54, 1.807) is 31.1 Å². The lowest BCUT2D eigenvalue weighted by atomic mass is 10.1. The average molecular weight is 357 g/mol. The van der Waals surface area contributed by atoms with Crippen molar-refractivity contribution in [3.63, 3.8) is 0 Å². The molecule has 134 valence electrons. The Balaban J connectivity index is 1.43. The third-order valence-electron chi connectivity index (χ3n) is 4.09. The van der Waals surface area contributed by atoms with E-state index < -0.39 is 0 Å². The topological polar surface area (TPSA) is 75.9 Å². The molecular weight excluding hydrogens is 338 g/mol. The fourth-order valence-corrected chi connectivity index (χ4v) is 2.77. The highest BCUT2D eigenvalue weighted by molar-refractivity contribution is 5.73. The number of hydrogen-bond acceptors (Lipinski definition) is 6. The zero-order valence-corrected chi connectivity index (χ0v) is 14.7. The molecule has 0 spiro atoms. The predicted molar refractivity (Wildman–Crippen MR) is 106 cm³/mol. The molecule has 0 fully saturated rings. The Labute approximate surface area is 157 Å². The number of nitrogens with one attached hydrogen (secondary N) is 2. The third kappa shape index (κ3) is 4.12. The second kappa shape index (κ2) is 8.14. The Kier molecular flexibility index (Phi) is 5.06. The fraction of sp³-hybridized carbons (Fsp3) is 0.0952. The molecule has 0 radical (unpaired) electrons. The van der Waals surface area contributed by atoms with Gasteiger partial charge in [-0.1, -0.05) is 24.3 Å². The molecule has 4 rings (SSSR count). The Morgan fingerprint density at radius 1 is 0.741 bits per heavy atom. The van der Waals surface area contributed by atoms with E-state index in [0.29, 0.717) is 0 Å². The maximum atomic E-state index is 5.44. The Hall–Kier alpha value is -3.67. The minimum atomic E-state index is 0.721. The zero-order chi connectivity index (χ0) is 18.3. The molecule has 3 heterocycles. The van der Waals surface area contributed by atoms with E-state index in [9.17, 15) is 0 Å². The van der Waals surface area contributed by atoms with E-state index in [1.807, 2.05) is 48.5 Å². The summed E-state index contributed by atoms with van der Waals surface area (Å²) in [6.45, 7) is 1.48. The van der Waals surface area contributed by atoms with Gasteiger partial charge >= 0.3 is 0 Å². The summed E-state index contributed by atoms with van der Waals surface area (Å²) in [5, 5.41) is 6.69. The SMILES string of the molecule is c1coc(-c2ccc(-c3nccnc3NCCNc3ccncc3)cc2)c1. The van der Waals surface area contributed by atoms with Gasteiger partial charge in [0.1, 0.15) is 11.5 Å². The first-order valence-corrected chi connectivity index (χ1v) is 8.73. The van der Waals surface area contributed by atoms with Crippen LogP contribution in [0.25, 0.3) is 22.6 Å². The summed E-state index contributed by atoms with van der Waals surface area (Å²) >= 11 is 0. The molecule has 2 N–H and O–H groups in total. The van der Waals surface area contributed by atoms with Crippen LogP contribution in [0.2, 0.25) is 0 Å². The van der Waals surface area contributed by atoms with E-state index in [4.69, 9.17) is 4.42 Å². The van der Waals surface area contributed by atoms with Crippen LogP contribution < -0.4 is 10.6 Å². The van der Waals surface area contributed by atoms with E-state index in [-0.39, 0.29) is 0 Å². The summed E-state index contributed by atoms with van der Waals surface area (Å²) in [7, 11) is 0. The molecule has 4 aromatic rings. The molecule has 0 bridgehead atoms. The number of aromatic nitrogens is 3. The van der Waals surface area contributed by atoms with E-state index in [1.165, 1.54) is 0 Å². The molecule has 0 atom stereocenters. The summed E-state index contributed by atoms with van der Waals surface area (Å²) in [6.07, 6.45) is 8.61. The first kappa shape index (κ1) is 16.8. The van der Waals surface area contributed by atoms with Gasteiger partial charge in [-0.25, -0.2) is 4.98 Å². The summed E-state index contributed by atoms with van der Waals surface area (Å²) in [4.78, 5) is 13.0. The van der Waals surface area contributed by atoms with Gasteiger partial charge in [0, 0.05) is 54.7 Å². The highest BCUT2D eigenvalue weighted by Gasteiger charge is 2.08. The molecular formula is C21H19N5O. The number of hydrogen-bond donors (Lipinski definition) is 2. The van der Waals surface area contributed by atoms with Crippen LogP contribution in [0.5, 0.6) is 0 Å². The molecule has 1 aromatic carbocycles. The van der Waals surface area contributed by atoms with E-state index in [0.717, 1.165) is 47.2 Å². The highest BCUT2D eigenvalue weighted by atomic mass is 16.3. The molecule has 0 aliphatic carbocycles. The highest BCUT2D eigenvalue weighted by Crippen LogP contribution is 2.27. The van der Waals surface area contributed by atoms with Crippen molar-refractivity contribution >= 4 is 11.5 Å². The van der Waals surface area contributed by atoms with Crippen molar-refractivity contribution < 1.29 is 4.42 Å². The smallest absolute Gasteiger partial charge is 0.152 e. The maximum absolute atomic E-state index is 5.44. The molecule has 0 saturated carbocycles. The van der Waals surface area contributed by atoms with Gasteiger partial charge in [-0.3, -0.25) is 9.97 Å². The second-order valence-electron chi connectivity index (χ2n) is 5.90. The molecule has 0 aliphatic heterocycles. The number of benzene rings is 1. The Bertz CT molecular complexity index is 969. The van der Waals surface area contributed by atoms with Crippen molar-refractivity contribution in [1.29, 1.82) is 0 Å². The van der Waals surface area contributed by atoms with Crippen molar-refractivity contribution in [2.75, 3.05) is 23.7 Å². The van der Waals surface area contributed by atoms with Gasteiger partial charge in [-0.05, 0) is 24.3 Å². The number of pyridine rings is 1. The van der Waals surface area contributed by atoms with Gasteiger partial charge < -0.3 is 15.1 Å². The van der Waals surface area contributed by atoms with Gasteiger partial charge in [0.05, 0.1) is 6.26 Å². The van der Waals surface area contributed by atoms with Crippen molar-refractivity contribution in [3.8, 4) is 22.6 Å². The van der Waals surface area contributed by atoms with Crippen LogP contribution in [-0.2, 0) is 0 Å². The summed E-state index contributed by atoms with van der Waals surface area (Å²) in [5.41, 5.74) is 3.90. The van der Waals surface area contributed by atoms with Gasteiger partial charge in [-0.15, -0.1) is 0 Å². The van der Waals surface area contributed by atoms with Crippen molar-refractivity contribution in [2.24, 2.45) is 0 Å². The monoisotopic (exact) mass is 357 g/mol. The summed E-state index contributed by atoms with van der Waals surface area (Å²) < 4.78 is 5.44. The molecule has 0 saturated heterocycles. The second-order valence-corrected chi connectivity index (χ2v) is 5.90. The van der Waals surface area contributed by atoms with E-state index in [2.05, 4.69) is 25.6 Å². The van der Waals surface area contributed by atoms with Crippen LogP contribution in [-0.4, -0.2) is 28.0 Å². The molecule has 6 heteroatoms. The largest absolute Gasteiger partial charge is 0.464 e. The van der Waals surface area contributed by atoms with Crippen LogP contribution in [0.15, 0.2) is 84.0 Å². The Morgan fingerprint density at radius 2 is 1.48 bits per heavy atom. The van der Waals surface area contributed by atoms with Gasteiger partial charge in [0.2, 0.25) is 0 Å². The van der Waals surface area contributed by atoms with E-state index >= 15 is 0 Å². The van der Waals surface area contributed by atoms with Crippen molar-refractivity contribution in [1.82, 2.24) is 15.0 Å². The maximum Gasteiger partial charge on any atom is 0.152 e.